The summed E-state index contributed by atoms with van der Waals surface area (Å²) in [6, 6.07) is 24.7. The molecule has 0 saturated carbocycles. The lowest BCUT2D eigenvalue weighted by molar-refractivity contribution is 0.102. The summed E-state index contributed by atoms with van der Waals surface area (Å²) in [4.78, 5) is 12.3. The number of benzene rings is 3. The average molecular weight is 375 g/mol. The number of carbonyl (C=O) groups excluding carboxylic acids is 1. The molecule has 0 aromatic heterocycles. The van der Waals surface area contributed by atoms with Gasteiger partial charge in [0.15, 0.2) is 0 Å². The Morgan fingerprint density at radius 1 is 0.750 bits per heavy atom. The van der Waals surface area contributed by atoms with E-state index in [-0.39, 0.29) is 5.91 Å². The van der Waals surface area contributed by atoms with Gasteiger partial charge < -0.3 is 14.8 Å². The predicted molar refractivity (Wildman–Crippen MR) is 112 cm³/mol. The molecule has 0 aliphatic rings. The van der Waals surface area contributed by atoms with E-state index in [0.29, 0.717) is 18.8 Å². The fourth-order valence-electron chi connectivity index (χ4n) is 2.64. The zero-order valence-electron chi connectivity index (χ0n) is 16.1. The summed E-state index contributed by atoms with van der Waals surface area (Å²) in [7, 11) is 0. The van der Waals surface area contributed by atoms with E-state index in [1.54, 1.807) is 12.1 Å². The largest absolute Gasteiger partial charge is 0.494 e. The van der Waals surface area contributed by atoms with Crippen molar-refractivity contribution in [2.24, 2.45) is 0 Å². The number of rotatable bonds is 9. The number of aryl methyl sites for hydroxylation is 1. The number of hydrogen-bond donors (Lipinski definition) is 1. The number of nitrogens with one attached hydrogen (secondary N) is 1. The van der Waals surface area contributed by atoms with Crippen molar-refractivity contribution in [1.82, 2.24) is 0 Å². The minimum Gasteiger partial charge on any atom is -0.494 e. The number of amides is 1. The van der Waals surface area contributed by atoms with E-state index >= 15 is 0 Å². The maximum absolute atomic E-state index is 12.3. The van der Waals surface area contributed by atoms with Gasteiger partial charge in [-0.15, -0.1) is 0 Å². The lowest BCUT2D eigenvalue weighted by atomic mass is 10.2. The van der Waals surface area contributed by atoms with Crippen LogP contribution in [0.15, 0.2) is 78.9 Å². The molecule has 4 nitrogen and oxygen atoms in total. The Balaban J connectivity index is 1.37. The zero-order chi connectivity index (χ0) is 19.6. The van der Waals surface area contributed by atoms with Crippen LogP contribution in [0.2, 0.25) is 0 Å². The fraction of sp³-hybridized carbons (Fsp3) is 0.208. The molecule has 1 amide bonds. The fourth-order valence-corrected chi connectivity index (χ4v) is 2.64. The van der Waals surface area contributed by atoms with Crippen molar-refractivity contribution < 1.29 is 14.3 Å². The first kappa shape index (κ1) is 19.5. The van der Waals surface area contributed by atoms with E-state index in [2.05, 4.69) is 5.32 Å². The number of unbranched alkanes of at least 4 members (excludes halogenated alkanes) is 1. The molecular weight excluding hydrogens is 350 g/mol. The van der Waals surface area contributed by atoms with Crippen molar-refractivity contribution in [3.05, 3.63) is 90.0 Å². The second-order valence-electron chi connectivity index (χ2n) is 6.56. The van der Waals surface area contributed by atoms with Gasteiger partial charge in [-0.3, -0.25) is 4.79 Å². The number of carbonyl (C=O) groups is 1. The Morgan fingerprint density at radius 3 is 1.93 bits per heavy atom. The maximum atomic E-state index is 12.3. The molecule has 0 bridgehead atoms. The summed E-state index contributed by atoms with van der Waals surface area (Å²) in [5.74, 6) is 1.52. The van der Waals surface area contributed by atoms with Crippen LogP contribution in [0.4, 0.5) is 5.69 Å². The first-order valence-electron chi connectivity index (χ1n) is 9.49. The molecule has 3 rings (SSSR count). The molecule has 0 spiro atoms. The minimum atomic E-state index is -0.131. The third-order valence-corrected chi connectivity index (χ3v) is 4.25. The molecule has 28 heavy (non-hydrogen) atoms. The normalized spacial score (nSPS) is 10.3. The average Bonchev–Trinajstić information content (AvgIpc) is 2.73. The Hall–Kier alpha value is -3.27. The van der Waals surface area contributed by atoms with Crippen LogP contribution in [0, 0.1) is 6.92 Å². The van der Waals surface area contributed by atoms with Crippen molar-refractivity contribution in [3.8, 4) is 11.5 Å². The molecule has 0 aliphatic carbocycles. The van der Waals surface area contributed by atoms with Crippen molar-refractivity contribution in [2.45, 2.75) is 19.8 Å². The van der Waals surface area contributed by atoms with Crippen molar-refractivity contribution >= 4 is 11.6 Å². The van der Waals surface area contributed by atoms with E-state index < -0.39 is 0 Å². The molecular formula is C24H25NO3. The molecule has 0 fully saturated rings. The Bertz CT molecular complexity index is 859. The number of anilines is 1. The van der Waals surface area contributed by atoms with E-state index in [1.807, 2.05) is 73.7 Å². The van der Waals surface area contributed by atoms with Gasteiger partial charge in [0.1, 0.15) is 11.5 Å². The van der Waals surface area contributed by atoms with Gasteiger partial charge in [0.05, 0.1) is 13.2 Å². The molecule has 3 aromatic rings. The number of ether oxygens (including phenoxy) is 2. The van der Waals surface area contributed by atoms with Gasteiger partial charge >= 0.3 is 0 Å². The summed E-state index contributed by atoms with van der Waals surface area (Å²) in [6.45, 7) is 3.30. The van der Waals surface area contributed by atoms with Crippen LogP contribution in [0.25, 0.3) is 0 Å². The smallest absolute Gasteiger partial charge is 0.255 e. The van der Waals surface area contributed by atoms with Gasteiger partial charge in [0.25, 0.3) is 5.91 Å². The van der Waals surface area contributed by atoms with Gasteiger partial charge in [0, 0.05) is 11.3 Å². The Labute approximate surface area is 166 Å². The maximum Gasteiger partial charge on any atom is 0.255 e. The third kappa shape index (κ3) is 6.16. The molecule has 3 aromatic carbocycles. The third-order valence-electron chi connectivity index (χ3n) is 4.25. The topological polar surface area (TPSA) is 47.6 Å². The lowest BCUT2D eigenvalue weighted by Gasteiger charge is -2.09. The lowest BCUT2D eigenvalue weighted by Crippen LogP contribution is -2.11. The van der Waals surface area contributed by atoms with Crippen LogP contribution in [-0.4, -0.2) is 19.1 Å². The van der Waals surface area contributed by atoms with Crippen LogP contribution in [0.1, 0.15) is 28.8 Å². The van der Waals surface area contributed by atoms with E-state index in [1.165, 1.54) is 0 Å². The first-order valence-corrected chi connectivity index (χ1v) is 9.49. The highest BCUT2D eigenvalue weighted by molar-refractivity contribution is 6.04. The molecule has 0 unspecified atom stereocenters. The quantitative estimate of drug-likeness (QED) is 0.503. The van der Waals surface area contributed by atoms with Crippen LogP contribution in [-0.2, 0) is 0 Å². The van der Waals surface area contributed by atoms with E-state index in [4.69, 9.17) is 9.47 Å². The van der Waals surface area contributed by atoms with Gasteiger partial charge in [-0.1, -0.05) is 35.9 Å². The monoisotopic (exact) mass is 375 g/mol. The molecule has 4 heteroatoms. The van der Waals surface area contributed by atoms with Crippen LogP contribution in [0.5, 0.6) is 11.5 Å². The second-order valence-corrected chi connectivity index (χ2v) is 6.56. The highest BCUT2D eigenvalue weighted by Crippen LogP contribution is 2.15. The summed E-state index contributed by atoms with van der Waals surface area (Å²) in [5.41, 5.74) is 2.55. The van der Waals surface area contributed by atoms with Gasteiger partial charge in [0.2, 0.25) is 0 Å². The van der Waals surface area contributed by atoms with Gasteiger partial charge in [-0.2, -0.15) is 0 Å². The molecule has 0 heterocycles. The number of para-hydroxylation sites is 1. The molecule has 0 atom stereocenters. The van der Waals surface area contributed by atoms with E-state index in [0.717, 1.165) is 35.6 Å². The SMILES string of the molecule is Cc1ccc(NC(=O)c2ccc(OCCCCOc3ccccc3)cc2)cc1. The molecule has 0 aliphatic heterocycles. The summed E-state index contributed by atoms with van der Waals surface area (Å²) in [5, 5.41) is 2.89. The molecule has 144 valence electrons. The predicted octanol–water partition coefficient (Wildman–Crippen LogP) is 5.49. The first-order chi connectivity index (χ1) is 13.7. The standard InChI is InChI=1S/C24H25NO3/c1-19-9-13-21(14-10-19)25-24(26)20-11-15-23(16-12-20)28-18-6-5-17-27-22-7-3-2-4-8-22/h2-4,7-16H,5-6,17-18H2,1H3,(H,25,26). The zero-order valence-corrected chi connectivity index (χ0v) is 16.1. The van der Waals surface area contributed by atoms with Crippen LogP contribution < -0.4 is 14.8 Å². The second kappa shape index (κ2) is 10.2. The van der Waals surface area contributed by atoms with Crippen molar-refractivity contribution in [3.63, 3.8) is 0 Å². The van der Waals surface area contributed by atoms with Crippen molar-refractivity contribution in [2.75, 3.05) is 18.5 Å². The Morgan fingerprint density at radius 2 is 1.32 bits per heavy atom. The minimum absolute atomic E-state index is 0.131. The van der Waals surface area contributed by atoms with Crippen LogP contribution >= 0.6 is 0 Å². The van der Waals surface area contributed by atoms with Crippen molar-refractivity contribution in [1.29, 1.82) is 0 Å². The molecule has 1 N–H and O–H groups in total. The van der Waals surface area contributed by atoms with Gasteiger partial charge in [-0.25, -0.2) is 0 Å². The highest BCUT2D eigenvalue weighted by atomic mass is 16.5. The highest BCUT2D eigenvalue weighted by Gasteiger charge is 2.06. The number of hydrogen-bond acceptors (Lipinski definition) is 3. The molecule has 0 saturated heterocycles. The summed E-state index contributed by atoms with van der Waals surface area (Å²) >= 11 is 0. The summed E-state index contributed by atoms with van der Waals surface area (Å²) < 4.78 is 11.4. The van der Waals surface area contributed by atoms with E-state index in [9.17, 15) is 4.79 Å². The van der Waals surface area contributed by atoms with Crippen LogP contribution in [0.3, 0.4) is 0 Å². The van der Waals surface area contributed by atoms with Gasteiger partial charge in [-0.05, 0) is 68.3 Å². The Kier molecular flexibility index (Phi) is 7.08. The summed E-state index contributed by atoms with van der Waals surface area (Å²) in [6.07, 6.45) is 1.83. The molecule has 0 radical (unpaired) electrons.